The lowest BCUT2D eigenvalue weighted by Crippen LogP contribution is -2.41. The number of carbonyl (C=O) groups excluding carboxylic acids is 2. The van der Waals surface area contributed by atoms with E-state index in [1.54, 1.807) is 18.7 Å². The molecule has 3 aromatic heterocycles. The minimum absolute atomic E-state index is 0.269. The van der Waals surface area contributed by atoms with Crippen LogP contribution in [0.3, 0.4) is 0 Å². The molecule has 2 fully saturated rings. The summed E-state index contributed by atoms with van der Waals surface area (Å²) in [5.41, 5.74) is 3.47. The summed E-state index contributed by atoms with van der Waals surface area (Å²) >= 11 is 0. The summed E-state index contributed by atoms with van der Waals surface area (Å²) in [6, 6.07) is 3.94. The number of aromatic amines is 1. The van der Waals surface area contributed by atoms with Crippen LogP contribution in [-0.2, 0) is 27.2 Å². The number of hydrogen-bond acceptors (Lipinski definition) is 9. The summed E-state index contributed by atoms with van der Waals surface area (Å²) in [5.74, 6) is 0.700. The molecular weight excluding hydrogens is 503 g/mol. The van der Waals surface area contributed by atoms with Crippen molar-refractivity contribution in [2.45, 2.75) is 70.4 Å². The summed E-state index contributed by atoms with van der Waals surface area (Å²) in [6.07, 6.45) is 5.99. The highest BCUT2D eigenvalue weighted by atomic mass is 19.1. The highest BCUT2D eigenvalue weighted by Crippen LogP contribution is 2.40. The van der Waals surface area contributed by atoms with Crippen LogP contribution in [0.1, 0.15) is 62.4 Å². The summed E-state index contributed by atoms with van der Waals surface area (Å²) in [5, 5.41) is 13.7. The minimum Gasteiger partial charge on any atom is -0.460 e. The van der Waals surface area contributed by atoms with Gasteiger partial charge in [0.15, 0.2) is 5.82 Å². The van der Waals surface area contributed by atoms with Crippen LogP contribution < -0.4 is 15.5 Å². The molecule has 1 aliphatic heterocycles. The van der Waals surface area contributed by atoms with Crippen molar-refractivity contribution in [3.05, 3.63) is 47.3 Å². The molecule has 4 heterocycles. The molecule has 0 spiro atoms. The number of aromatic nitrogens is 5. The van der Waals surface area contributed by atoms with Crippen molar-refractivity contribution in [1.82, 2.24) is 25.1 Å². The molecule has 1 saturated heterocycles. The van der Waals surface area contributed by atoms with Crippen molar-refractivity contribution >= 4 is 35.1 Å². The largest absolute Gasteiger partial charge is 0.460 e. The molecule has 3 N–H and O–H groups in total. The van der Waals surface area contributed by atoms with Crippen molar-refractivity contribution in [3.8, 4) is 0 Å². The monoisotopic (exact) mass is 534 g/mol. The average molecular weight is 535 g/mol. The maximum absolute atomic E-state index is 13.4. The van der Waals surface area contributed by atoms with Gasteiger partial charge in [0.1, 0.15) is 18.0 Å². The second-order valence-electron chi connectivity index (χ2n) is 10.7. The number of pyridine rings is 1. The molecular formula is C27H31FN8O3. The highest BCUT2D eigenvalue weighted by molar-refractivity contribution is 5.97. The van der Waals surface area contributed by atoms with Gasteiger partial charge in [0, 0.05) is 29.7 Å². The number of rotatable bonds is 8. The van der Waals surface area contributed by atoms with Gasteiger partial charge in [-0.25, -0.2) is 9.97 Å². The lowest BCUT2D eigenvalue weighted by Gasteiger charge is -2.24. The molecule has 0 aromatic carbocycles. The minimum atomic E-state index is -0.709. The van der Waals surface area contributed by atoms with Gasteiger partial charge in [-0.05, 0) is 44.2 Å². The molecule has 0 bridgehead atoms. The number of hydrogen-bond donors (Lipinski definition) is 3. The van der Waals surface area contributed by atoms with Gasteiger partial charge in [-0.3, -0.25) is 14.7 Å². The van der Waals surface area contributed by atoms with Crippen LogP contribution in [0, 0.1) is 11.9 Å². The number of fused-ring (bicyclic) bond motifs is 1. The lowest BCUT2D eigenvalue weighted by molar-refractivity contribution is -0.152. The third kappa shape index (κ3) is 5.41. The fourth-order valence-corrected chi connectivity index (χ4v) is 5.10. The maximum atomic E-state index is 13.4. The van der Waals surface area contributed by atoms with Gasteiger partial charge in [-0.2, -0.15) is 14.5 Å². The smallest absolute Gasteiger partial charge is 0.308 e. The fraction of sp³-hybridized carbons (Fsp3) is 0.481. The number of aryl methyl sites for hydroxylation is 1. The molecule has 3 aliphatic rings. The van der Waals surface area contributed by atoms with Gasteiger partial charge >= 0.3 is 5.97 Å². The Hall–Kier alpha value is -4.09. The van der Waals surface area contributed by atoms with Crippen LogP contribution in [0.15, 0.2) is 24.4 Å². The number of nitrogens with one attached hydrogen (secondary N) is 3. The normalized spacial score (nSPS) is 20.3. The molecule has 0 radical (unpaired) electrons. The molecule has 12 heteroatoms. The van der Waals surface area contributed by atoms with Crippen LogP contribution in [0.5, 0.6) is 0 Å². The zero-order valence-corrected chi connectivity index (χ0v) is 21.9. The second-order valence-corrected chi connectivity index (χ2v) is 10.7. The molecule has 1 saturated carbocycles. The van der Waals surface area contributed by atoms with Crippen LogP contribution in [0.25, 0.3) is 0 Å². The topological polar surface area (TPSA) is 138 Å². The average Bonchev–Trinajstić information content (AvgIpc) is 3.27. The van der Waals surface area contributed by atoms with Gasteiger partial charge in [-0.15, -0.1) is 0 Å². The number of halogens is 1. The quantitative estimate of drug-likeness (QED) is 0.292. The third-order valence-corrected chi connectivity index (χ3v) is 7.35. The van der Waals surface area contributed by atoms with E-state index in [4.69, 9.17) is 14.7 Å². The number of ether oxygens (including phenoxy) is 1. The Labute approximate surface area is 225 Å². The third-order valence-electron chi connectivity index (χ3n) is 7.35. The SMILES string of the molecule is CC(C)C(=O)O[C@@H]1C[C@H](C(=O)Nc2ccc(F)nc2)N(c2nc3c(c(Nc4cc(C5CC5)[nH]n4)n2)CCC3)C1. The first kappa shape index (κ1) is 25.2. The van der Waals surface area contributed by atoms with E-state index in [-0.39, 0.29) is 30.8 Å². The van der Waals surface area contributed by atoms with E-state index >= 15 is 0 Å². The maximum Gasteiger partial charge on any atom is 0.308 e. The van der Waals surface area contributed by atoms with E-state index in [1.807, 2.05) is 6.07 Å². The van der Waals surface area contributed by atoms with Gasteiger partial charge in [0.2, 0.25) is 17.8 Å². The molecule has 2 aliphatic carbocycles. The van der Waals surface area contributed by atoms with Gasteiger partial charge in [-0.1, -0.05) is 13.8 Å². The molecule has 0 unspecified atom stereocenters. The van der Waals surface area contributed by atoms with E-state index in [0.29, 0.717) is 29.2 Å². The van der Waals surface area contributed by atoms with E-state index in [9.17, 15) is 14.0 Å². The number of carbonyl (C=O) groups is 2. The van der Waals surface area contributed by atoms with E-state index in [0.717, 1.165) is 36.2 Å². The van der Waals surface area contributed by atoms with E-state index in [1.165, 1.54) is 31.2 Å². The Morgan fingerprint density at radius 2 is 2.05 bits per heavy atom. The van der Waals surface area contributed by atoms with Crippen molar-refractivity contribution in [2.24, 2.45) is 5.92 Å². The molecule has 3 aromatic rings. The number of esters is 1. The Morgan fingerprint density at radius 3 is 2.79 bits per heavy atom. The summed E-state index contributed by atoms with van der Waals surface area (Å²) in [4.78, 5) is 40.9. The Morgan fingerprint density at radius 1 is 1.21 bits per heavy atom. The van der Waals surface area contributed by atoms with Gasteiger partial charge in [0.25, 0.3) is 0 Å². The number of H-pyrrole nitrogens is 1. The molecule has 11 nitrogen and oxygen atoms in total. The van der Waals surface area contributed by atoms with Crippen molar-refractivity contribution < 1.29 is 18.7 Å². The molecule has 204 valence electrons. The standard InChI is InChI=1S/C27H31FN8O3/c1-14(2)26(38)39-17-10-21(25(37)30-16-8-9-22(28)29-12-16)36(13-17)27-31-19-5-3-4-18(19)24(33-27)32-23-11-20(34-35-23)15-6-7-15/h8-9,11-12,14-15,17,21H,3-7,10,13H2,1-2H3,(H,30,37)(H2,31,32,33,34,35)/t17-,21-/m1/s1. The Bertz CT molecular complexity index is 1390. The van der Waals surface area contributed by atoms with Crippen LogP contribution in [-0.4, -0.2) is 55.7 Å². The highest BCUT2D eigenvalue weighted by Gasteiger charge is 2.41. The van der Waals surface area contributed by atoms with Crippen molar-refractivity contribution in [1.29, 1.82) is 0 Å². The molecule has 6 rings (SSSR count). The number of nitrogens with zero attached hydrogens (tertiary/aromatic N) is 5. The first-order valence-corrected chi connectivity index (χ1v) is 13.5. The van der Waals surface area contributed by atoms with Gasteiger partial charge < -0.3 is 20.3 Å². The van der Waals surface area contributed by atoms with Crippen LogP contribution in [0.4, 0.5) is 27.7 Å². The zero-order valence-electron chi connectivity index (χ0n) is 21.9. The fourth-order valence-electron chi connectivity index (χ4n) is 5.10. The van der Waals surface area contributed by atoms with Crippen LogP contribution in [0.2, 0.25) is 0 Å². The Balaban J connectivity index is 1.29. The Kier molecular flexibility index (Phi) is 6.61. The second kappa shape index (κ2) is 10.2. The van der Waals surface area contributed by atoms with Gasteiger partial charge in [0.05, 0.1) is 30.0 Å². The van der Waals surface area contributed by atoms with Crippen molar-refractivity contribution in [2.75, 3.05) is 22.1 Å². The summed E-state index contributed by atoms with van der Waals surface area (Å²) in [7, 11) is 0. The molecule has 2 atom stereocenters. The first-order valence-electron chi connectivity index (χ1n) is 13.5. The number of anilines is 4. The predicted octanol–water partition coefficient (Wildman–Crippen LogP) is 3.63. The molecule has 1 amide bonds. The van der Waals surface area contributed by atoms with Crippen molar-refractivity contribution in [3.63, 3.8) is 0 Å². The van der Waals surface area contributed by atoms with E-state index < -0.39 is 18.1 Å². The molecule has 39 heavy (non-hydrogen) atoms. The number of amides is 1. The lowest BCUT2D eigenvalue weighted by atomic mass is 10.1. The summed E-state index contributed by atoms with van der Waals surface area (Å²) in [6.45, 7) is 3.81. The first-order chi connectivity index (χ1) is 18.8. The van der Waals surface area contributed by atoms with Crippen LogP contribution >= 0.6 is 0 Å². The summed E-state index contributed by atoms with van der Waals surface area (Å²) < 4.78 is 19.0. The zero-order chi connectivity index (χ0) is 27.1. The van der Waals surface area contributed by atoms with E-state index in [2.05, 4.69) is 25.8 Å². The predicted molar refractivity (Wildman–Crippen MR) is 141 cm³/mol.